The van der Waals surface area contributed by atoms with Crippen LogP contribution >= 0.6 is 11.3 Å². The van der Waals surface area contributed by atoms with Gasteiger partial charge >= 0.3 is 0 Å². The normalized spacial score (nSPS) is 12.2. The number of benzene rings is 1. The van der Waals surface area contributed by atoms with E-state index in [0.717, 1.165) is 16.1 Å². The molecule has 3 N–H and O–H groups in total. The maximum absolute atomic E-state index is 11.5. The van der Waals surface area contributed by atoms with Crippen molar-refractivity contribution in [2.75, 3.05) is 5.32 Å². The second-order valence-corrected chi connectivity index (χ2v) is 5.77. The molecule has 0 fully saturated rings. The van der Waals surface area contributed by atoms with E-state index in [4.69, 9.17) is 5.73 Å². The molecule has 0 saturated carbocycles. The standard InChI is InChI=1S/C14H17N3OS/c1-8-4-6-11(7-5-8)12-10(3)19-14(16-12)17-13(18)9(2)15/h4-7,9H,15H2,1-3H3,(H,16,17,18)/t9-/m0/s1. The van der Waals surface area contributed by atoms with Gasteiger partial charge in [0.15, 0.2) is 5.13 Å². The Kier molecular flexibility index (Phi) is 3.97. The molecular weight excluding hydrogens is 258 g/mol. The Labute approximate surface area is 116 Å². The summed E-state index contributed by atoms with van der Waals surface area (Å²) in [6.07, 6.45) is 0. The lowest BCUT2D eigenvalue weighted by molar-refractivity contribution is -0.117. The van der Waals surface area contributed by atoms with Crippen molar-refractivity contribution in [3.63, 3.8) is 0 Å². The van der Waals surface area contributed by atoms with Crippen LogP contribution in [0.1, 0.15) is 17.4 Å². The molecular formula is C14H17N3OS. The van der Waals surface area contributed by atoms with Gasteiger partial charge in [0.05, 0.1) is 11.7 Å². The number of rotatable bonds is 3. The monoisotopic (exact) mass is 275 g/mol. The summed E-state index contributed by atoms with van der Waals surface area (Å²) < 4.78 is 0. The summed E-state index contributed by atoms with van der Waals surface area (Å²) in [7, 11) is 0. The third-order valence-electron chi connectivity index (χ3n) is 2.77. The molecule has 1 heterocycles. The zero-order valence-electron chi connectivity index (χ0n) is 11.2. The summed E-state index contributed by atoms with van der Waals surface area (Å²) >= 11 is 1.46. The Hall–Kier alpha value is -1.72. The number of aromatic nitrogens is 1. The molecule has 0 radical (unpaired) electrons. The molecule has 0 unspecified atom stereocenters. The molecule has 1 amide bonds. The van der Waals surface area contributed by atoms with Gasteiger partial charge in [-0.25, -0.2) is 4.98 Å². The first kappa shape index (κ1) is 13.7. The Morgan fingerprint density at radius 1 is 1.32 bits per heavy atom. The maximum atomic E-state index is 11.5. The topological polar surface area (TPSA) is 68.0 Å². The van der Waals surface area contributed by atoms with E-state index in [1.807, 2.05) is 38.1 Å². The molecule has 0 bridgehead atoms. The average Bonchev–Trinajstić information content (AvgIpc) is 2.71. The maximum Gasteiger partial charge on any atom is 0.242 e. The summed E-state index contributed by atoms with van der Waals surface area (Å²) in [6, 6.07) is 7.64. The highest BCUT2D eigenvalue weighted by Crippen LogP contribution is 2.30. The van der Waals surface area contributed by atoms with E-state index in [9.17, 15) is 4.79 Å². The second-order valence-electron chi connectivity index (χ2n) is 4.57. The van der Waals surface area contributed by atoms with Crippen molar-refractivity contribution in [2.24, 2.45) is 5.73 Å². The number of amides is 1. The number of thiazole rings is 1. The van der Waals surface area contributed by atoms with Gasteiger partial charge in [-0.1, -0.05) is 29.8 Å². The molecule has 0 aliphatic rings. The van der Waals surface area contributed by atoms with E-state index in [2.05, 4.69) is 10.3 Å². The highest BCUT2D eigenvalue weighted by molar-refractivity contribution is 7.16. The Bertz CT molecular complexity index is 587. The fourth-order valence-corrected chi connectivity index (χ4v) is 2.49. The number of nitrogens with zero attached hydrogens (tertiary/aromatic N) is 1. The lowest BCUT2D eigenvalue weighted by atomic mass is 10.1. The molecule has 0 spiro atoms. The van der Waals surface area contributed by atoms with Crippen molar-refractivity contribution in [1.29, 1.82) is 0 Å². The van der Waals surface area contributed by atoms with Crippen LogP contribution in [0.25, 0.3) is 11.3 Å². The molecule has 5 heteroatoms. The SMILES string of the molecule is Cc1ccc(-c2nc(NC(=O)[C@H](C)N)sc2C)cc1. The summed E-state index contributed by atoms with van der Waals surface area (Å²) in [4.78, 5) is 17.1. The number of anilines is 1. The first-order chi connectivity index (χ1) is 8.97. The van der Waals surface area contributed by atoms with Gasteiger partial charge in [0.25, 0.3) is 0 Å². The average molecular weight is 275 g/mol. The van der Waals surface area contributed by atoms with Crippen LogP contribution in [-0.2, 0) is 4.79 Å². The minimum atomic E-state index is -0.535. The molecule has 2 rings (SSSR count). The molecule has 19 heavy (non-hydrogen) atoms. The van der Waals surface area contributed by atoms with Gasteiger partial charge in [0, 0.05) is 10.4 Å². The first-order valence-electron chi connectivity index (χ1n) is 6.08. The summed E-state index contributed by atoms with van der Waals surface area (Å²) in [5.41, 5.74) is 8.70. The summed E-state index contributed by atoms with van der Waals surface area (Å²) in [5.74, 6) is -0.218. The van der Waals surface area contributed by atoms with Gasteiger partial charge in [0.1, 0.15) is 0 Å². The van der Waals surface area contributed by atoms with Crippen molar-refractivity contribution in [1.82, 2.24) is 4.98 Å². The molecule has 100 valence electrons. The van der Waals surface area contributed by atoms with E-state index < -0.39 is 6.04 Å². The molecule has 2 aromatic rings. The van der Waals surface area contributed by atoms with Crippen LogP contribution < -0.4 is 11.1 Å². The van der Waals surface area contributed by atoms with Gasteiger partial charge in [-0.3, -0.25) is 4.79 Å². The van der Waals surface area contributed by atoms with Crippen LogP contribution in [0.4, 0.5) is 5.13 Å². The molecule has 0 aliphatic heterocycles. The number of carbonyl (C=O) groups is 1. The molecule has 4 nitrogen and oxygen atoms in total. The predicted molar refractivity (Wildman–Crippen MR) is 79.3 cm³/mol. The van der Waals surface area contributed by atoms with Gasteiger partial charge in [-0.15, -0.1) is 11.3 Å². The van der Waals surface area contributed by atoms with Gasteiger partial charge < -0.3 is 11.1 Å². The Morgan fingerprint density at radius 3 is 2.53 bits per heavy atom. The predicted octanol–water partition coefficient (Wildman–Crippen LogP) is 2.71. The molecule has 1 atom stereocenters. The Balaban J connectivity index is 2.26. The minimum Gasteiger partial charge on any atom is -0.320 e. The molecule has 1 aromatic heterocycles. The summed E-state index contributed by atoms with van der Waals surface area (Å²) in [6.45, 7) is 5.69. The summed E-state index contributed by atoms with van der Waals surface area (Å²) in [5, 5.41) is 3.32. The number of hydrogen-bond donors (Lipinski definition) is 2. The zero-order valence-corrected chi connectivity index (χ0v) is 12.0. The van der Waals surface area contributed by atoms with Gasteiger partial charge in [0.2, 0.25) is 5.91 Å². The number of aryl methyl sites for hydroxylation is 2. The zero-order chi connectivity index (χ0) is 14.0. The highest BCUT2D eigenvalue weighted by atomic mass is 32.1. The van der Waals surface area contributed by atoms with E-state index in [1.165, 1.54) is 16.9 Å². The van der Waals surface area contributed by atoms with E-state index in [0.29, 0.717) is 5.13 Å². The van der Waals surface area contributed by atoms with Crippen molar-refractivity contribution in [2.45, 2.75) is 26.8 Å². The highest BCUT2D eigenvalue weighted by Gasteiger charge is 2.13. The van der Waals surface area contributed by atoms with Crippen LogP contribution in [-0.4, -0.2) is 16.9 Å². The Morgan fingerprint density at radius 2 is 1.95 bits per heavy atom. The number of carbonyl (C=O) groups excluding carboxylic acids is 1. The van der Waals surface area contributed by atoms with Crippen LogP contribution in [0, 0.1) is 13.8 Å². The quantitative estimate of drug-likeness (QED) is 0.905. The fraction of sp³-hybridized carbons (Fsp3) is 0.286. The lowest BCUT2D eigenvalue weighted by Gasteiger charge is -2.03. The van der Waals surface area contributed by atoms with Crippen LogP contribution in [0.5, 0.6) is 0 Å². The van der Waals surface area contributed by atoms with E-state index in [1.54, 1.807) is 6.92 Å². The fourth-order valence-electron chi connectivity index (χ4n) is 1.65. The van der Waals surface area contributed by atoms with Gasteiger partial charge in [-0.05, 0) is 20.8 Å². The molecule has 0 saturated heterocycles. The number of hydrogen-bond acceptors (Lipinski definition) is 4. The third-order valence-corrected chi connectivity index (χ3v) is 3.65. The smallest absolute Gasteiger partial charge is 0.242 e. The molecule has 0 aliphatic carbocycles. The number of nitrogens with two attached hydrogens (primary N) is 1. The van der Waals surface area contributed by atoms with E-state index in [-0.39, 0.29) is 5.91 Å². The first-order valence-corrected chi connectivity index (χ1v) is 6.90. The largest absolute Gasteiger partial charge is 0.320 e. The molecule has 1 aromatic carbocycles. The van der Waals surface area contributed by atoms with Gasteiger partial charge in [-0.2, -0.15) is 0 Å². The second kappa shape index (κ2) is 5.50. The lowest BCUT2D eigenvalue weighted by Crippen LogP contribution is -2.32. The number of nitrogens with one attached hydrogen (secondary N) is 1. The van der Waals surface area contributed by atoms with E-state index >= 15 is 0 Å². The minimum absolute atomic E-state index is 0.218. The van der Waals surface area contributed by atoms with Crippen LogP contribution in [0.2, 0.25) is 0 Å². The van der Waals surface area contributed by atoms with Crippen LogP contribution in [0.3, 0.4) is 0 Å². The van der Waals surface area contributed by atoms with Crippen molar-refractivity contribution in [3.05, 3.63) is 34.7 Å². The van der Waals surface area contributed by atoms with Crippen LogP contribution in [0.15, 0.2) is 24.3 Å². The van der Waals surface area contributed by atoms with Crippen molar-refractivity contribution in [3.8, 4) is 11.3 Å². The third kappa shape index (κ3) is 3.19. The van der Waals surface area contributed by atoms with Crippen molar-refractivity contribution >= 4 is 22.4 Å². The van der Waals surface area contributed by atoms with Crippen molar-refractivity contribution < 1.29 is 4.79 Å².